The Bertz CT molecular complexity index is 767. The first-order valence-corrected chi connectivity index (χ1v) is 9.37. The van der Waals surface area contributed by atoms with Crippen LogP contribution in [0.4, 0.5) is 0 Å². The molecule has 0 amide bonds. The van der Waals surface area contributed by atoms with Gasteiger partial charge < -0.3 is 14.6 Å². The van der Waals surface area contributed by atoms with E-state index in [2.05, 4.69) is 15.5 Å². The lowest BCUT2D eigenvalue weighted by Gasteiger charge is -2.21. The van der Waals surface area contributed by atoms with Gasteiger partial charge in [-0.15, -0.1) is 0 Å². The van der Waals surface area contributed by atoms with Crippen molar-refractivity contribution >= 4 is 9.84 Å². The molecule has 8 heteroatoms. The van der Waals surface area contributed by atoms with Gasteiger partial charge in [0.25, 0.3) is 5.89 Å². The van der Waals surface area contributed by atoms with E-state index in [9.17, 15) is 8.42 Å². The van der Waals surface area contributed by atoms with Gasteiger partial charge in [0, 0.05) is 11.8 Å². The molecule has 0 spiro atoms. The van der Waals surface area contributed by atoms with Gasteiger partial charge in [-0.05, 0) is 38.1 Å². The molecule has 1 saturated heterocycles. The summed E-state index contributed by atoms with van der Waals surface area (Å²) in [4.78, 5) is 4.50. The third-order valence-electron chi connectivity index (χ3n) is 3.72. The van der Waals surface area contributed by atoms with Crippen molar-refractivity contribution < 1.29 is 17.7 Å². The Hall–Kier alpha value is -1.77. The molecule has 2 aromatic rings. The van der Waals surface area contributed by atoms with Crippen LogP contribution in [0.1, 0.15) is 18.7 Å². The van der Waals surface area contributed by atoms with Gasteiger partial charge in [0.15, 0.2) is 9.84 Å². The molecule has 0 unspecified atom stereocenters. The van der Waals surface area contributed by atoms with Crippen molar-refractivity contribution in [3.05, 3.63) is 30.2 Å². The zero-order chi connectivity index (χ0) is 16.3. The lowest BCUT2D eigenvalue weighted by Crippen LogP contribution is -2.32. The highest BCUT2D eigenvalue weighted by Gasteiger charge is 2.16. The summed E-state index contributed by atoms with van der Waals surface area (Å²) in [5, 5.41) is 7.18. The number of aromatic nitrogens is 2. The Kier molecular flexibility index (Phi) is 4.74. The maximum absolute atomic E-state index is 11.6. The van der Waals surface area contributed by atoms with Crippen LogP contribution >= 0.6 is 0 Å². The minimum absolute atomic E-state index is 0.208. The highest BCUT2D eigenvalue weighted by Crippen LogP contribution is 2.20. The monoisotopic (exact) mass is 337 g/mol. The van der Waals surface area contributed by atoms with Crippen molar-refractivity contribution in [3.8, 4) is 11.4 Å². The van der Waals surface area contributed by atoms with Crippen molar-refractivity contribution in [2.24, 2.45) is 0 Å². The number of benzene rings is 1. The number of hydrogen-bond acceptors (Lipinski definition) is 7. The van der Waals surface area contributed by atoms with Gasteiger partial charge in [-0.3, -0.25) is 0 Å². The molecule has 1 fully saturated rings. The third-order valence-corrected chi connectivity index (χ3v) is 4.83. The maximum atomic E-state index is 11.6. The molecule has 7 nitrogen and oxygen atoms in total. The van der Waals surface area contributed by atoms with Crippen LogP contribution in [-0.4, -0.2) is 44.0 Å². The van der Waals surface area contributed by atoms with Crippen LogP contribution in [-0.2, 0) is 21.2 Å². The topological polar surface area (TPSA) is 94.3 Å². The maximum Gasteiger partial charge on any atom is 0.252 e. The summed E-state index contributed by atoms with van der Waals surface area (Å²) in [7, 11) is -3.27. The predicted molar refractivity (Wildman–Crippen MR) is 83.5 cm³/mol. The summed E-state index contributed by atoms with van der Waals surface area (Å²) >= 11 is 0. The van der Waals surface area contributed by atoms with Gasteiger partial charge in [0.2, 0.25) is 5.82 Å². The second-order valence-corrected chi connectivity index (χ2v) is 7.59. The summed E-state index contributed by atoms with van der Waals surface area (Å²) in [5.74, 6) is 0.753. The smallest absolute Gasteiger partial charge is 0.252 e. The number of nitrogens with zero attached hydrogens (tertiary/aromatic N) is 2. The summed E-state index contributed by atoms with van der Waals surface area (Å²) < 4.78 is 34.2. The minimum atomic E-state index is -3.27. The van der Waals surface area contributed by atoms with Gasteiger partial charge in [0.1, 0.15) is 6.61 Å². The Balaban J connectivity index is 1.69. The molecular formula is C15H19N3O4S. The van der Waals surface area contributed by atoms with E-state index >= 15 is 0 Å². The predicted octanol–water partition coefficient (Wildman–Crippen LogP) is 1.41. The van der Waals surface area contributed by atoms with Crippen molar-refractivity contribution in [1.82, 2.24) is 15.5 Å². The fourth-order valence-electron chi connectivity index (χ4n) is 2.45. The zero-order valence-electron chi connectivity index (χ0n) is 12.9. The highest BCUT2D eigenvalue weighted by molar-refractivity contribution is 7.90. The van der Waals surface area contributed by atoms with Gasteiger partial charge in [-0.25, -0.2) is 8.42 Å². The molecule has 1 aromatic carbocycles. The number of piperidine rings is 1. The first-order valence-electron chi connectivity index (χ1n) is 7.48. The van der Waals surface area contributed by atoms with Crippen molar-refractivity contribution in [2.75, 3.05) is 19.3 Å². The van der Waals surface area contributed by atoms with Gasteiger partial charge in [-0.2, -0.15) is 4.98 Å². The Labute approximate surface area is 135 Å². The molecule has 3 rings (SSSR count). The number of sulfone groups is 1. The molecule has 0 atom stereocenters. The zero-order valence-corrected chi connectivity index (χ0v) is 13.7. The van der Waals surface area contributed by atoms with Crippen LogP contribution in [0.3, 0.4) is 0 Å². The molecule has 1 N–H and O–H groups in total. The molecule has 0 radical (unpaired) electrons. The van der Waals surface area contributed by atoms with Crippen molar-refractivity contribution in [1.29, 1.82) is 0 Å². The van der Waals surface area contributed by atoms with E-state index in [0.29, 0.717) is 17.3 Å². The Morgan fingerprint density at radius 3 is 2.87 bits per heavy atom. The van der Waals surface area contributed by atoms with Crippen LogP contribution in [0.2, 0.25) is 0 Å². The largest absolute Gasteiger partial charge is 0.368 e. The standard InChI is InChI=1S/C15H19N3O4S/c1-23(19,20)13-4-2-3-11(9-13)15-17-14(22-18-15)10-21-12-5-7-16-8-6-12/h2-4,9,12,16H,5-8,10H2,1H3. The Morgan fingerprint density at radius 2 is 2.13 bits per heavy atom. The molecule has 23 heavy (non-hydrogen) atoms. The summed E-state index contributed by atoms with van der Waals surface area (Å²) in [6.07, 6.45) is 3.32. The molecule has 0 saturated carbocycles. The average Bonchev–Trinajstić information content (AvgIpc) is 3.02. The van der Waals surface area contributed by atoms with Crippen molar-refractivity contribution in [3.63, 3.8) is 0 Å². The third kappa shape index (κ3) is 4.15. The van der Waals surface area contributed by atoms with E-state index in [1.54, 1.807) is 18.2 Å². The summed E-state index contributed by atoms with van der Waals surface area (Å²) in [6.45, 7) is 2.18. The van der Waals surface area contributed by atoms with Crippen LogP contribution in [0, 0.1) is 0 Å². The lowest BCUT2D eigenvalue weighted by molar-refractivity contribution is 0.00859. The van der Waals surface area contributed by atoms with E-state index < -0.39 is 9.84 Å². The SMILES string of the molecule is CS(=O)(=O)c1cccc(-c2noc(COC3CCNCC3)n2)c1. The average molecular weight is 337 g/mol. The van der Waals surface area contributed by atoms with E-state index in [0.717, 1.165) is 25.9 Å². The molecule has 1 aliphatic rings. The van der Waals surface area contributed by atoms with Crippen LogP contribution in [0.25, 0.3) is 11.4 Å². The van der Waals surface area contributed by atoms with E-state index in [1.165, 1.54) is 12.3 Å². The second kappa shape index (κ2) is 6.77. The van der Waals surface area contributed by atoms with Gasteiger partial charge in [-0.1, -0.05) is 17.3 Å². The van der Waals surface area contributed by atoms with Crippen LogP contribution in [0.15, 0.2) is 33.7 Å². The van der Waals surface area contributed by atoms with Crippen LogP contribution < -0.4 is 5.32 Å². The lowest BCUT2D eigenvalue weighted by atomic mass is 10.1. The number of ether oxygens (including phenoxy) is 1. The van der Waals surface area contributed by atoms with E-state index in [4.69, 9.17) is 9.26 Å². The number of hydrogen-bond donors (Lipinski definition) is 1. The first-order chi connectivity index (χ1) is 11.0. The van der Waals surface area contributed by atoms with Crippen LogP contribution in [0.5, 0.6) is 0 Å². The highest BCUT2D eigenvalue weighted by atomic mass is 32.2. The fraction of sp³-hybridized carbons (Fsp3) is 0.467. The molecule has 0 aliphatic carbocycles. The van der Waals surface area contributed by atoms with E-state index in [-0.39, 0.29) is 17.6 Å². The minimum Gasteiger partial charge on any atom is -0.368 e. The quantitative estimate of drug-likeness (QED) is 0.881. The van der Waals surface area contributed by atoms with Crippen molar-refractivity contribution in [2.45, 2.75) is 30.4 Å². The summed E-state index contributed by atoms with van der Waals surface area (Å²) in [6, 6.07) is 6.49. The molecule has 0 bridgehead atoms. The number of nitrogens with one attached hydrogen (secondary N) is 1. The first kappa shape index (κ1) is 16.1. The molecule has 2 heterocycles. The molecule has 124 valence electrons. The normalized spacial score (nSPS) is 16.6. The Morgan fingerprint density at radius 1 is 1.35 bits per heavy atom. The molecule has 1 aliphatic heterocycles. The molecular weight excluding hydrogens is 318 g/mol. The fourth-order valence-corrected chi connectivity index (χ4v) is 3.11. The van der Waals surface area contributed by atoms with E-state index in [1.807, 2.05) is 0 Å². The van der Waals surface area contributed by atoms with Gasteiger partial charge >= 0.3 is 0 Å². The number of rotatable bonds is 5. The van der Waals surface area contributed by atoms with Gasteiger partial charge in [0.05, 0.1) is 11.0 Å². The summed E-state index contributed by atoms with van der Waals surface area (Å²) in [5.41, 5.74) is 0.602. The molecule has 1 aromatic heterocycles. The second-order valence-electron chi connectivity index (χ2n) is 5.57.